The summed E-state index contributed by atoms with van der Waals surface area (Å²) in [6, 6.07) is 5.68. The first-order valence-corrected chi connectivity index (χ1v) is 6.96. The molecule has 0 amide bonds. The second-order valence-corrected chi connectivity index (χ2v) is 6.14. The van der Waals surface area contributed by atoms with Crippen molar-refractivity contribution in [2.45, 2.75) is 39.8 Å². The maximum absolute atomic E-state index is 5.94. The Balaban J connectivity index is 2.20. The molecule has 0 atom stereocenters. The largest absolute Gasteiger partial charge is 0.470 e. The van der Waals surface area contributed by atoms with Crippen molar-refractivity contribution >= 4 is 11.5 Å². The molecular weight excluding hydrogens is 266 g/mol. The lowest BCUT2D eigenvalue weighted by molar-refractivity contribution is 0.125. The molecule has 0 fully saturated rings. The van der Waals surface area contributed by atoms with Gasteiger partial charge in [0.25, 0.3) is 0 Å². The zero-order valence-electron chi connectivity index (χ0n) is 13.3. The molecule has 0 unspecified atom stereocenters. The van der Waals surface area contributed by atoms with Crippen LogP contribution >= 0.6 is 0 Å². The first-order chi connectivity index (χ1) is 9.76. The number of rotatable bonds is 4. The normalized spacial score (nSPS) is 11.5. The summed E-state index contributed by atoms with van der Waals surface area (Å²) < 4.78 is 11.1. The van der Waals surface area contributed by atoms with E-state index in [0.29, 0.717) is 18.1 Å². The maximum atomic E-state index is 5.94. The quantitative estimate of drug-likeness (QED) is 0.934. The number of aryl methyl sites for hydroxylation is 1. The number of hydrogen-bond donors (Lipinski definition) is 1. The second kappa shape index (κ2) is 5.68. The fraction of sp³-hybridized carbons (Fsp3) is 0.438. The van der Waals surface area contributed by atoms with E-state index in [4.69, 9.17) is 14.9 Å². The molecule has 2 N–H and O–H groups in total. The lowest BCUT2D eigenvalue weighted by Gasteiger charge is -2.23. The SMILES string of the molecule is Cc1occc1CN(C)c1ccc(N)c(OC(C)(C)C)n1. The van der Waals surface area contributed by atoms with E-state index in [1.807, 2.05) is 57.8 Å². The highest BCUT2D eigenvalue weighted by atomic mass is 16.5. The molecule has 5 heteroatoms. The van der Waals surface area contributed by atoms with Crippen LogP contribution in [0.3, 0.4) is 0 Å². The molecule has 0 aliphatic heterocycles. The lowest BCUT2D eigenvalue weighted by atomic mass is 10.2. The van der Waals surface area contributed by atoms with Crippen LogP contribution in [0.25, 0.3) is 0 Å². The molecule has 0 bridgehead atoms. The molecule has 21 heavy (non-hydrogen) atoms. The Morgan fingerprint density at radius 2 is 2.00 bits per heavy atom. The van der Waals surface area contributed by atoms with Crippen LogP contribution in [0.5, 0.6) is 5.88 Å². The third-order valence-electron chi connectivity index (χ3n) is 3.04. The Hall–Kier alpha value is -2.17. The third-order valence-corrected chi connectivity index (χ3v) is 3.04. The van der Waals surface area contributed by atoms with Crippen LogP contribution in [-0.2, 0) is 6.54 Å². The van der Waals surface area contributed by atoms with Gasteiger partial charge < -0.3 is 19.8 Å². The Morgan fingerprint density at radius 1 is 1.29 bits per heavy atom. The summed E-state index contributed by atoms with van der Waals surface area (Å²) in [7, 11) is 1.98. The van der Waals surface area contributed by atoms with Crippen LogP contribution in [0.15, 0.2) is 28.9 Å². The van der Waals surface area contributed by atoms with E-state index in [-0.39, 0.29) is 5.60 Å². The van der Waals surface area contributed by atoms with Crippen molar-refractivity contribution in [3.05, 3.63) is 35.8 Å². The Kier molecular flexibility index (Phi) is 4.11. The Labute approximate surface area is 125 Å². The number of anilines is 2. The van der Waals surface area contributed by atoms with Gasteiger partial charge in [-0.3, -0.25) is 0 Å². The minimum atomic E-state index is -0.334. The monoisotopic (exact) mass is 289 g/mol. The minimum absolute atomic E-state index is 0.334. The van der Waals surface area contributed by atoms with E-state index in [9.17, 15) is 0 Å². The number of ether oxygens (including phenoxy) is 1. The molecule has 2 rings (SSSR count). The van der Waals surface area contributed by atoms with Gasteiger partial charge >= 0.3 is 0 Å². The van der Waals surface area contributed by atoms with Gasteiger partial charge in [0.2, 0.25) is 5.88 Å². The van der Waals surface area contributed by atoms with Crippen molar-refractivity contribution in [2.75, 3.05) is 17.7 Å². The molecule has 2 aromatic rings. The van der Waals surface area contributed by atoms with E-state index in [0.717, 1.165) is 17.1 Å². The first kappa shape index (κ1) is 15.2. The average molecular weight is 289 g/mol. The summed E-state index contributed by atoms with van der Waals surface area (Å²) in [5.74, 6) is 2.20. The molecule has 5 nitrogen and oxygen atoms in total. The molecule has 0 aliphatic rings. The van der Waals surface area contributed by atoms with Gasteiger partial charge in [-0.1, -0.05) is 0 Å². The molecule has 2 aromatic heterocycles. The van der Waals surface area contributed by atoms with E-state index in [2.05, 4.69) is 4.98 Å². The number of nitrogens with zero attached hydrogens (tertiary/aromatic N) is 2. The van der Waals surface area contributed by atoms with Crippen molar-refractivity contribution in [1.29, 1.82) is 0 Å². The number of pyridine rings is 1. The van der Waals surface area contributed by atoms with Gasteiger partial charge in [0.1, 0.15) is 17.2 Å². The fourth-order valence-corrected chi connectivity index (χ4v) is 1.94. The van der Waals surface area contributed by atoms with Crippen molar-refractivity contribution in [1.82, 2.24) is 4.98 Å². The van der Waals surface area contributed by atoms with Gasteiger partial charge in [0, 0.05) is 19.2 Å². The number of nitrogen functional groups attached to an aromatic ring is 1. The zero-order chi connectivity index (χ0) is 15.6. The van der Waals surface area contributed by atoms with Gasteiger partial charge in [-0.05, 0) is 45.9 Å². The Morgan fingerprint density at radius 3 is 2.57 bits per heavy atom. The third kappa shape index (κ3) is 3.90. The molecule has 0 saturated heterocycles. The molecule has 0 radical (unpaired) electrons. The van der Waals surface area contributed by atoms with Gasteiger partial charge in [-0.15, -0.1) is 0 Å². The number of hydrogen-bond acceptors (Lipinski definition) is 5. The molecule has 114 valence electrons. The predicted molar refractivity (Wildman–Crippen MR) is 84.6 cm³/mol. The van der Waals surface area contributed by atoms with Crippen molar-refractivity contribution in [3.8, 4) is 5.88 Å². The molecule has 0 saturated carbocycles. The van der Waals surface area contributed by atoms with Gasteiger partial charge in [-0.2, -0.15) is 4.98 Å². The number of furan rings is 1. The molecule has 2 heterocycles. The smallest absolute Gasteiger partial charge is 0.239 e. The predicted octanol–water partition coefficient (Wildman–Crippen LogP) is 3.38. The summed E-state index contributed by atoms with van der Waals surface area (Å²) >= 11 is 0. The molecule has 0 aromatic carbocycles. The topological polar surface area (TPSA) is 64.5 Å². The van der Waals surface area contributed by atoms with Gasteiger partial charge in [-0.25, -0.2) is 0 Å². The summed E-state index contributed by atoms with van der Waals surface area (Å²) in [6.07, 6.45) is 1.70. The van der Waals surface area contributed by atoms with Crippen molar-refractivity contribution in [3.63, 3.8) is 0 Å². The highest BCUT2D eigenvalue weighted by Crippen LogP contribution is 2.27. The van der Waals surface area contributed by atoms with Crippen LogP contribution in [-0.4, -0.2) is 17.6 Å². The Bertz CT molecular complexity index is 614. The zero-order valence-corrected chi connectivity index (χ0v) is 13.3. The minimum Gasteiger partial charge on any atom is -0.470 e. The van der Waals surface area contributed by atoms with Crippen LogP contribution in [0.2, 0.25) is 0 Å². The second-order valence-electron chi connectivity index (χ2n) is 6.14. The van der Waals surface area contributed by atoms with Gasteiger partial charge in [0.15, 0.2) is 0 Å². The molecule has 0 aliphatic carbocycles. The average Bonchev–Trinajstić information content (AvgIpc) is 2.76. The van der Waals surface area contributed by atoms with Crippen molar-refractivity contribution < 1.29 is 9.15 Å². The van der Waals surface area contributed by atoms with Gasteiger partial charge in [0.05, 0.1) is 12.0 Å². The highest BCUT2D eigenvalue weighted by molar-refractivity contribution is 5.54. The van der Waals surface area contributed by atoms with E-state index in [1.165, 1.54) is 0 Å². The summed E-state index contributed by atoms with van der Waals surface area (Å²) in [6.45, 7) is 8.58. The van der Waals surface area contributed by atoms with Crippen LogP contribution in [0, 0.1) is 6.92 Å². The summed E-state index contributed by atoms with van der Waals surface area (Å²) in [5.41, 5.74) is 7.28. The summed E-state index contributed by atoms with van der Waals surface area (Å²) in [5, 5.41) is 0. The number of aromatic nitrogens is 1. The van der Waals surface area contributed by atoms with E-state index < -0.39 is 0 Å². The molecule has 0 spiro atoms. The standard InChI is InChI=1S/C16H23N3O2/c1-11-12(8-9-20-11)10-19(5)14-7-6-13(17)15(18-14)21-16(2,3)4/h6-9H,10,17H2,1-5H3. The van der Waals surface area contributed by atoms with Crippen LogP contribution in [0.1, 0.15) is 32.1 Å². The highest BCUT2D eigenvalue weighted by Gasteiger charge is 2.16. The maximum Gasteiger partial charge on any atom is 0.239 e. The van der Waals surface area contributed by atoms with Crippen LogP contribution < -0.4 is 15.4 Å². The van der Waals surface area contributed by atoms with Crippen LogP contribution in [0.4, 0.5) is 11.5 Å². The lowest BCUT2D eigenvalue weighted by Crippen LogP contribution is -2.25. The fourth-order valence-electron chi connectivity index (χ4n) is 1.94. The molecular formula is C16H23N3O2. The summed E-state index contributed by atoms with van der Waals surface area (Å²) in [4.78, 5) is 6.55. The first-order valence-electron chi connectivity index (χ1n) is 6.96. The van der Waals surface area contributed by atoms with Crippen molar-refractivity contribution in [2.24, 2.45) is 0 Å². The van der Waals surface area contributed by atoms with E-state index in [1.54, 1.807) is 6.26 Å². The number of nitrogens with two attached hydrogens (primary N) is 1. The van der Waals surface area contributed by atoms with E-state index >= 15 is 0 Å².